The molecule has 0 amide bonds. The largest absolute Gasteiger partial charge is 0.382 e. The third-order valence-electron chi connectivity index (χ3n) is 2.70. The molecular formula is C10H18N2O. The van der Waals surface area contributed by atoms with Crippen LogP contribution in [0.3, 0.4) is 0 Å². The highest BCUT2D eigenvalue weighted by Gasteiger charge is 2.34. The number of hydrogen-bond acceptors (Lipinski definition) is 2. The number of hydrogen-bond donors (Lipinski definition) is 1. The first-order valence-corrected chi connectivity index (χ1v) is 4.72. The predicted molar refractivity (Wildman–Crippen MR) is 52.2 cm³/mol. The standard InChI is InChI=1S/C10H18N2O/c1-5-10(13,8(2)3)9-11-6-7-12(9)4/h6-8,13H,5H2,1-4H3. The van der Waals surface area contributed by atoms with Gasteiger partial charge in [0.1, 0.15) is 11.4 Å². The molecule has 0 aliphatic carbocycles. The van der Waals surface area contributed by atoms with E-state index in [1.807, 2.05) is 38.6 Å². The summed E-state index contributed by atoms with van der Waals surface area (Å²) in [6, 6.07) is 0. The van der Waals surface area contributed by atoms with E-state index in [-0.39, 0.29) is 5.92 Å². The number of rotatable bonds is 3. The molecule has 0 aromatic carbocycles. The first-order chi connectivity index (χ1) is 6.02. The van der Waals surface area contributed by atoms with Crippen LogP contribution in [-0.4, -0.2) is 14.7 Å². The third kappa shape index (κ3) is 1.61. The molecule has 0 fully saturated rings. The first-order valence-electron chi connectivity index (χ1n) is 4.72. The summed E-state index contributed by atoms with van der Waals surface area (Å²) >= 11 is 0. The molecule has 13 heavy (non-hydrogen) atoms. The molecule has 3 heteroatoms. The van der Waals surface area contributed by atoms with Crippen molar-refractivity contribution in [3.8, 4) is 0 Å². The molecule has 1 aromatic rings. The van der Waals surface area contributed by atoms with Gasteiger partial charge in [-0.05, 0) is 12.3 Å². The summed E-state index contributed by atoms with van der Waals surface area (Å²) in [5, 5.41) is 10.4. The second-order valence-electron chi connectivity index (χ2n) is 3.79. The molecule has 0 aliphatic rings. The lowest BCUT2D eigenvalue weighted by molar-refractivity contribution is -0.0246. The molecule has 3 nitrogen and oxygen atoms in total. The molecule has 0 spiro atoms. The summed E-state index contributed by atoms with van der Waals surface area (Å²) < 4.78 is 1.88. The van der Waals surface area contributed by atoms with E-state index in [4.69, 9.17) is 0 Å². The maximum Gasteiger partial charge on any atom is 0.140 e. The van der Waals surface area contributed by atoms with Gasteiger partial charge in [-0.2, -0.15) is 0 Å². The number of aryl methyl sites for hydroxylation is 1. The maximum atomic E-state index is 10.4. The summed E-state index contributed by atoms with van der Waals surface area (Å²) in [6.07, 6.45) is 4.27. The minimum atomic E-state index is -0.793. The van der Waals surface area contributed by atoms with Crippen molar-refractivity contribution in [3.63, 3.8) is 0 Å². The number of aliphatic hydroxyl groups is 1. The fourth-order valence-corrected chi connectivity index (χ4v) is 1.61. The molecule has 1 N–H and O–H groups in total. The zero-order valence-electron chi connectivity index (χ0n) is 8.78. The Balaban J connectivity index is 3.10. The average Bonchev–Trinajstić information content (AvgIpc) is 2.50. The van der Waals surface area contributed by atoms with Crippen LogP contribution in [0.15, 0.2) is 12.4 Å². The molecule has 0 saturated carbocycles. The topological polar surface area (TPSA) is 38.1 Å². The van der Waals surface area contributed by atoms with Gasteiger partial charge in [-0.25, -0.2) is 4.98 Å². The van der Waals surface area contributed by atoms with Crippen molar-refractivity contribution in [3.05, 3.63) is 18.2 Å². The van der Waals surface area contributed by atoms with Crippen molar-refractivity contribution in [1.82, 2.24) is 9.55 Å². The molecule has 1 aromatic heterocycles. The zero-order valence-corrected chi connectivity index (χ0v) is 8.78. The number of nitrogens with zero attached hydrogens (tertiary/aromatic N) is 2. The highest BCUT2D eigenvalue weighted by Crippen LogP contribution is 2.30. The van der Waals surface area contributed by atoms with Gasteiger partial charge in [-0.1, -0.05) is 20.8 Å². The van der Waals surface area contributed by atoms with Gasteiger partial charge in [0.2, 0.25) is 0 Å². The number of imidazole rings is 1. The summed E-state index contributed by atoms with van der Waals surface area (Å²) in [4.78, 5) is 4.19. The van der Waals surface area contributed by atoms with Gasteiger partial charge in [0.25, 0.3) is 0 Å². The second kappa shape index (κ2) is 3.50. The highest BCUT2D eigenvalue weighted by molar-refractivity contribution is 5.05. The van der Waals surface area contributed by atoms with E-state index in [1.54, 1.807) is 6.20 Å². The molecule has 0 saturated heterocycles. The average molecular weight is 182 g/mol. The van der Waals surface area contributed by atoms with Crippen molar-refractivity contribution in [1.29, 1.82) is 0 Å². The summed E-state index contributed by atoms with van der Waals surface area (Å²) in [5.74, 6) is 0.934. The van der Waals surface area contributed by atoms with Crippen LogP contribution in [0.2, 0.25) is 0 Å². The lowest BCUT2D eigenvalue weighted by Gasteiger charge is -2.30. The van der Waals surface area contributed by atoms with E-state index in [9.17, 15) is 5.11 Å². The van der Waals surface area contributed by atoms with Crippen molar-refractivity contribution >= 4 is 0 Å². The molecule has 0 radical (unpaired) electrons. The monoisotopic (exact) mass is 182 g/mol. The van der Waals surface area contributed by atoms with Crippen LogP contribution in [0.4, 0.5) is 0 Å². The first kappa shape index (κ1) is 10.3. The fraction of sp³-hybridized carbons (Fsp3) is 0.700. The minimum absolute atomic E-state index is 0.179. The molecule has 0 bridgehead atoms. The van der Waals surface area contributed by atoms with Crippen LogP contribution < -0.4 is 0 Å². The van der Waals surface area contributed by atoms with Crippen LogP contribution in [0, 0.1) is 5.92 Å². The molecule has 1 heterocycles. The quantitative estimate of drug-likeness (QED) is 0.772. The van der Waals surface area contributed by atoms with Crippen LogP contribution >= 0.6 is 0 Å². The predicted octanol–water partition coefficient (Wildman–Crippen LogP) is 1.67. The summed E-state index contributed by atoms with van der Waals surface area (Å²) in [7, 11) is 1.91. The van der Waals surface area contributed by atoms with E-state index in [2.05, 4.69) is 4.98 Å². The van der Waals surface area contributed by atoms with Gasteiger partial charge in [0, 0.05) is 19.4 Å². The number of aromatic nitrogens is 2. The van der Waals surface area contributed by atoms with Gasteiger partial charge in [0.15, 0.2) is 0 Å². The van der Waals surface area contributed by atoms with Gasteiger partial charge in [-0.15, -0.1) is 0 Å². The van der Waals surface area contributed by atoms with Gasteiger partial charge < -0.3 is 9.67 Å². The van der Waals surface area contributed by atoms with E-state index in [0.717, 1.165) is 5.82 Å². The highest BCUT2D eigenvalue weighted by atomic mass is 16.3. The third-order valence-corrected chi connectivity index (χ3v) is 2.70. The normalized spacial score (nSPS) is 16.2. The SMILES string of the molecule is CCC(O)(c1nccn1C)C(C)C. The zero-order chi connectivity index (χ0) is 10.1. The van der Waals surface area contributed by atoms with Crippen molar-refractivity contribution in [2.75, 3.05) is 0 Å². The van der Waals surface area contributed by atoms with Crippen molar-refractivity contribution in [2.24, 2.45) is 13.0 Å². The van der Waals surface area contributed by atoms with Crippen LogP contribution in [-0.2, 0) is 12.6 Å². The van der Waals surface area contributed by atoms with Crippen molar-refractivity contribution in [2.45, 2.75) is 32.8 Å². The molecular weight excluding hydrogens is 164 g/mol. The van der Waals surface area contributed by atoms with Gasteiger partial charge in [0.05, 0.1) is 0 Å². The minimum Gasteiger partial charge on any atom is -0.382 e. The van der Waals surface area contributed by atoms with Gasteiger partial charge in [-0.3, -0.25) is 0 Å². The Morgan fingerprint density at radius 2 is 2.23 bits per heavy atom. The van der Waals surface area contributed by atoms with E-state index < -0.39 is 5.60 Å². The summed E-state index contributed by atoms with van der Waals surface area (Å²) in [6.45, 7) is 6.01. The van der Waals surface area contributed by atoms with E-state index >= 15 is 0 Å². The fourth-order valence-electron chi connectivity index (χ4n) is 1.61. The van der Waals surface area contributed by atoms with E-state index in [1.165, 1.54) is 0 Å². The molecule has 1 rings (SSSR count). The van der Waals surface area contributed by atoms with E-state index in [0.29, 0.717) is 6.42 Å². The Labute approximate surface area is 79.4 Å². The van der Waals surface area contributed by atoms with Gasteiger partial charge >= 0.3 is 0 Å². The Bertz CT molecular complexity index is 280. The molecule has 74 valence electrons. The Kier molecular flexibility index (Phi) is 2.76. The lowest BCUT2D eigenvalue weighted by Crippen LogP contribution is -2.34. The Hall–Kier alpha value is -0.830. The van der Waals surface area contributed by atoms with Crippen LogP contribution in [0.25, 0.3) is 0 Å². The van der Waals surface area contributed by atoms with Crippen LogP contribution in [0.5, 0.6) is 0 Å². The molecule has 0 aliphatic heterocycles. The summed E-state index contributed by atoms with van der Waals surface area (Å²) in [5.41, 5.74) is -0.793. The Morgan fingerprint density at radius 1 is 1.62 bits per heavy atom. The van der Waals surface area contributed by atoms with Crippen molar-refractivity contribution < 1.29 is 5.11 Å². The maximum absolute atomic E-state index is 10.4. The molecule has 1 unspecified atom stereocenters. The smallest absolute Gasteiger partial charge is 0.140 e. The Morgan fingerprint density at radius 3 is 2.54 bits per heavy atom. The van der Waals surface area contributed by atoms with Crippen LogP contribution in [0.1, 0.15) is 33.0 Å². The lowest BCUT2D eigenvalue weighted by atomic mass is 9.87. The second-order valence-corrected chi connectivity index (χ2v) is 3.79. The molecule has 1 atom stereocenters.